The van der Waals surface area contributed by atoms with Gasteiger partial charge >= 0.3 is 0 Å². The minimum Gasteiger partial charge on any atom is -0.492 e. The maximum absolute atomic E-state index is 13.1. The third-order valence-corrected chi connectivity index (χ3v) is 5.86. The van der Waals surface area contributed by atoms with Crippen molar-refractivity contribution in [2.24, 2.45) is 0 Å². The molecule has 7 nitrogen and oxygen atoms in total. The Kier molecular flexibility index (Phi) is 5.80. The Hall–Kier alpha value is -2.87. The predicted octanol–water partition coefficient (Wildman–Crippen LogP) is 3.52. The van der Waals surface area contributed by atoms with Gasteiger partial charge in [0.15, 0.2) is 0 Å². The molecule has 0 radical (unpaired) electrons. The number of fused-ring (bicyclic) bond motifs is 1. The summed E-state index contributed by atoms with van der Waals surface area (Å²) in [5, 5.41) is 12.6. The van der Waals surface area contributed by atoms with E-state index in [9.17, 15) is 4.79 Å². The van der Waals surface area contributed by atoms with E-state index in [1.54, 1.807) is 4.68 Å². The van der Waals surface area contributed by atoms with Gasteiger partial charge in [-0.15, -0.1) is 5.10 Å². The van der Waals surface area contributed by atoms with Crippen LogP contribution in [0.4, 0.5) is 5.69 Å². The Morgan fingerprint density at radius 1 is 1.17 bits per heavy atom. The third-order valence-electron chi connectivity index (χ3n) is 4.95. The number of hydrogen-bond acceptors (Lipinski definition) is 6. The first kappa shape index (κ1) is 19.4. The van der Waals surface area contributed by atoms with Gasteiger partial charge in [-0.3, -0.25) is 4.79 Å². The molecule has 2 heterocycles. The van der Waals surface area contributed by atoms with E-state index in [0.717, 1.165) is 24.2 Å². The number of carbonyl (C=O) groups excluding carboxylic acids is 1. The van der Waals surface area contributed by atoms with E-state index in [-0.39, 0.29) is 17.7 Å². The molecule has 8 heteroatoms. The van der Waals surface area contributed by atoms with Gasteiger partial charge in [-0.2, -0.15) is 4.68 Å². The van der Waals surface area contributed by atoms with E-state index < -0.39 is 0 Å². The molecule has 0 N–H and O–H groups in total. The first-order chi connectivity index (χ1) is 14.2. The van der Waals surface area contributed by atoms with Crippen molar-refractivity contribution in [3.05, 3.63) is 54.1 Å². The fraction of sp³-hybridized carbons (Fsp3) is 0.333. The smallest absolute Gasteiger partial charge is 0.237 e. The van der Waals surface area contributed by atoms with E-state index in [1.165, 1.54) is 17.3 Å². The fourth-order valence-corrected chi connectivity index (χ4v) is 4.34. The zero-order chi connectivity index (χ0) is 20.2. The van der Waals surface area contributed by atoms with Gasteiger partial charge in [0.2, 0.25) is 11.1 Å². The number of tetrazole rings is 1. The molecule has 1 aromatic heterocycles. The highest BCUT2D eigenvalue weighted by atomic mass is 32.2. The summed E-state index contributed by atoms with van der Waals surface area (Å²) in [6.07, 6.45) is 1.97. The summed E-state index contributed by atoms with van der Waals surface area (Å²) in [5.74, 6) is 1.02. The molecule has 29 heavy (non-hydrogen) atoms. The van der Waals surface area contributed by atoms with E-state index in [0.29, 0.717) is 17.5 Å². The summed E-state index contributed by atoms with van der Waals surface area (Å²) in [6.45, 7) is 4.58. The largest absolute Gasteiger partial charge is 0.492 e. The SMILES string of the molecule is CCOc1ccccc1-n1nnnc1SCC(=O)N1c2ccccc2CCC1C. The summed E-state index contributed by atoms with van der Waals surface area (Å²) in [7, 11) is 0. The Bertz CT molecular complexity index is 1010. The molecule has 4 rings (SSSR count). The molecule has 150 valence electrons. The fourth-order valence-electron chi connectivity index (χ4n) is 3.59. The van der Waals surface area contributed by atoms with Crippen LogP contribution in [0.1, 0.15) is 25.8 Å². The summed E-state index contributed by atoms with van der Waals surface area (Å²) in [5.41, 5.74) is 2.99. The number of benzene rings is 2. The van der Waals surface area contributed by atoms with Crippen molar-refractivity contribution in [1.82, 2.24) is 20.2 Å². The first-order valence-corrected chi connectivity index (χ1v) is 10.7. The van der Waals surface area contributed by atoms with Gasteiger partial charge in [0.1, 0.15) is 11.4 Å². The number of thioether (sulfide) groups is 1. The summed E-state index contributed by atoms with van der Waals surface area (Å²) < 4.78 is 7.31. The van der Waals surface area contributed by atoms with Crippen LogP contribution in [-0.2, 0) is 11.2 Å². The van der Waals surface area contributed by atoms with Gasteiger partial charge in [0.05, 0.1) is 12.4 Å². The first-order valence-electron chi connectivity index (χ1n) is 9.72. The molecule has 0 saturated heterocycles. The Morgan fingerprint density at radius 3 is 2.76 bits per heavy atom. The van der Waals surface area contributed by atoms with E-state index >= 15 is 0 Å². The van der Waals surface area contributed by atoms with Crippen LogP contribution in [-0.4, -0.2) is 44.5 Å². The standard InChI is InChI=1S/C21H23N5O2S/c1-3-28-19-11-7-6-10-18(19)26-21(22-23-24-26)29-14-20(27)25-15(2)12-13-16-8-4-5-9-17(16)25/h4-11,15H,3,12-14H2,1-2H3. The average molecular weight is 410 g/mol. The van der Waals surface area contributed by atoms with E-state index in [1.807, 2.05) is 54.3 Å². The second kappa shape index (κ2) is 8.65. The summed E-state index contributed by atoms with van der Waals surface area (Å²) in [4.78, 5) is 15.0. The van der Waals surface area contributed by atoms with Crippen LogP contribution in [0.15, 0.2) is 53.7 Å². The quantitative estimate of drug-likeness (QED) is 0.580. The van der Waals surface area contributed by atoms with Crippen molar-refractivity contribution in [3.63, 3.8) is 0 Å². The van der Waals surface area contributed by atoms with Crippen LogP contribution in [0.25, 0.3) is 5.69 Å². The predicted molar refractivity (Wildman–Crippen MR) is 113 cm³/mol. The Morgan fingerprint density at radius 2 is 1.93 bits per heavy atom. The number of hydrogen-bond donors (Lipinski definition) is 0. The molecule has 0 bridgehead atoms. The topological polar surface area (TPSA) is 73.1 Å². The second-order valence-corrected chi connectivity index (χ2v) is 7.79. The van der Waals surface area contributed by atoms with E-state index in [4.69, 9.17) is 4.74 Å². The van der Waals surface area contributed by atoms with Gasteiger partial charge in [-0.1, -0.05) is 42.1 Å². The lowest BCUT2D eigenvalue weighted by Crippen LogP contribution is -2.43. The molecule has 1 amide bonds. The molecular weight excluding hydrogens is 386 g/mol. The number of ether oxygens (including phenoxy) is 1. The highest BCUT2D eigenvalue weighted by Gasteiger charge is 2.28. The number of aryl methyl sites for hydroxylation is 1. The Balaban J connectivity index is 1.53. The molecule has 3 aromatic rings. The van der Waals surface area contributed by atoms with Crippen LogP contribution < -0.4 is 9.64 Å². The number of para-hydroxylation sites is 3. The van der Waals surface area contributed by atoms with Gasteiger partial charge in [0.25, 0.3) is 0 Å². The van der Waals surface area contributed by atoms with Crippen LogP contribution in [0.2, 0.25) is 0 Å². The minimum atomic E-state index is 0.0577. The van der Waals surface area contributed by atoms with Gasteiger partial charge in [-0.05, 0) is 60.9 Å². The molecule has 0 aliphatic carbocycles. The van der Waals surface area contributed by atoms with Crippen molar-refractivity contribution in [2.75, 3.05) is 17.3 Å². The van der Waals surface area contributed by atoms with Crippen LogP contribution in [0, 0.1) is 0 Å². The minimum absolute atomic E-state index is 0.0577. The zero-order valence-electron chi connectivity index (χ0n) is 16.5. The number of anilines is 1. The third kappa shape index (κ3) is 3.98. The maximum Gasteiger partial charge on any atom is 0.237 e. The normalized spacial score (nSPS) is 15.8. The lowest BCUT2D eigenvalue weighted by atomic mass is 9.97. The lowest BCUT2D eigenvalue weighted by molar-refractivity contribution is -0.116. The molecule has 1 aliphatic heterocycles. The van der Waals surface area contributed by atoms with Gasteiger partial charge in [0, 0.05) is 11.7 Å². The average Bonchev–Trinajstić information content (AvgIpc) is 3.21. The molecule has 1 aliphatic rings. The van der Waals surface area contributed by atoms with Crippen molar-refractivity contribution >= 4 is 23.4 Å². The van der Waals surface area contributed by atoms with Crippen molar-refractivity contribution in [3.8, 4) is 11.4 Å². The summed E-state index contributed by atoms with van der Waals surface area (Å²) >= 11 is 1.33. The van der Waals surface area contributed by atoms with E-state index in [2.05, 4.69) is 28.5 Å². The second-order valence-electron chi connectivity index (χ2n) is 6.84. The number of carbonyl (C=O) groups is 1. The summed E-state index contributed by atoms with van der Waals surface area (Å²) in [6, 6.07) is 15.9. The molecule has 0 spiro atoms. The van der Waals surface area contributed by atoms with Gasteiger partial charge in [-0.25, -0.2) is 0 Å². The molecule has 1 unspecified atom stereocenters. The number of nitrogens with zero attached hydrogens (tertiary/aromatic N) is 5. The maximum atomic E-state index is 13.1. The van der Waals surface area contributed by atoms with Crippen molar-refractivity contribution in [2.45, 2.75) is 37.9 Å². The number of rotatable bonds is 6. The molecule has 1 atom stereocenters. The Labute approximate surface area is 174 Å². The monoisotopic (exact) mass is 409 g/mol. The number of amides is 1. The van der Waals surface area contributed by atoms with Crippen molar-refractivity contribution < 1.29 is 9.53 Å². The molecular formula is C21H23N5O2S. The van der Waals surface area contributed by atoms with Crippen molar-refractivity contribution in [1.29, 1.82) is 0 Å². The van der Waals surface area contributed by atoms with Crippen LogP contribution >= 0.6 is 11.8 Å². The molecule has 0 fully saturated rings. The van der Waals surface area contributed by atoms with Gasteiger partial charge < -0.3 is 9.64 Å². The highest BCUT2D eigenvalue weighted by Crippen LogP contribution is 2.32. The highest BCUT2D eigenvalue weighted by molar-refractivity contribution is 7.99. The van der Waals surface area contributed by atoms with Crippen LogP contribution in [0.3, 0.4) is 0 Å². The lowest BCUT2D eigenvalue weighted by Gasteiger charge is -2.35. The molecule has 0 saturated carbocycles. The van der Waals surface area contributed by atoms with Crippen LogP contribution in [0.5, 0.6) is 5.75 Å². The number of aromatic nitrogens is 4. The molecule has 2 aromatic carbocycles. The zero-order valence-corrected chi connectivity index (χ0v) is 17.3.